The van der Waals surface area contributed by atoms with E-state index < -0.39 is 63.1 Å². The van der Waals surface area contributed by atoms with Gasteiger partial charge >= 0.3 is 6.18 Å². The zero-order valence-corrected chi connectivity index (χ0v) is 18.5. The average Bonchev–Trinajstić information content (AvgIpc) is 2.71. The maximum Gasteiger partial charge on any atom is 0.422 e. The van der Waals surface area contributed by atoms with E-state index in [0.717, 1.165) is 31.5 Å². The molecule has 1 aromatic heterocycles. The lowest BCUT2D eigenvalue weighted by molar-refractivity contribution is -0.154. The van der Waals surface area contributed by atoms with Gasteiger partial charge in [-0.25, -0.2) is 18.7 Å². The molecule has 2 atom stereocenters. The number of hydrogen-bond donors (Lipinski definition) is 4. The Morgan fingerprint density at radius 3 is 2.50 bits per heavy atom. The first-order valence-corrected chi connectivity index (χ1v) is 11.2. The lowest BCUT2D eigenvalue weighted by Crippen LogP contribution is -2.51. The summed E-state index contributed by atoms with van der Waals surface area (Å²) in [6, 6.07) is 3.34. The van der Waals surface area contributed by atoms with Gasteiger partial charge in [0.1, 0.15) is 17.1 Å². The van der Waals surface area contributed by atoms with E-state index in [-0.39, 0.29) is 16.9 Å². The van der Waals surface area contributed by atoms with E-state index in [1.807, 2.05) is 0 Å². The molecule has 0 radical (unpaired) electrons. The molecule has 186 valence electrons. The highest BCUT2D eigenvalue weighted by Gasteiger charge is 2.52. The maximum absolute atomic E-state index is 14.6. The number of amidine groups is 1. The van der Waals surface area contributed by atoms with E-state index in [9.17, 15) is 35.9 Å². The van der Waals surface area contributed by atoms with Crippen LogP contribution in [-0.4, -0.2) is 54.4 Å². The van der Waals surface area contributed by atoms with Gasteiger partial charge in [0.2, 0.25) is 5.88 Å². The predicted octanol–water partition coefficient (Wildman–Crippen LogP) is 3.83. The summed E-state index contributed by atoms with van der Waals surface area (Å²) in [7, 11) is -3.96. The fourth-order valence-electron chi connectivity index (χ4n) is 3.11. The van der Waals surface area contributed by atoms with Gasteiger partial charge in [0, 0.05) is 11.3 Å². The van der Waals surface area contributed by atoms with E-state index in [2.05, 4.69) is 25.0 Å². The Hall–Kier alpha value is -3.04. The minimum Gasteiger partial charge on any atom is -0.467 e. The van der Waals surface area contributed by atoms with E-state index in [1.54, 1.807) is 0 Å². The summed E-state index contributed by atoms with van der Waals surface area (Å²) in [6.07, 6.45) is -2.86. The molecule has 1 amide bonds. The maximum atomic E-state index is 14.6. The lowest BCUT2D eigenvalue weighted by Gasteiger charge is -2.50. The van der Waals surface area contributed by atoms with Crippen molar-refractivity contribution in [2.45, 2.75) is 30.6 Å². The SMILES string of the molecule is C[C@]1(F)C(N)=N[C@](C)(c2cc(NC(=O)c3cnc(OCC(F)(F)F)cn3)ccc2F)CS1(O)O. The summed E-state index contributed by atoms with van der Waals surface area (Å²) in [4.78, 5) is 23.7. The van der Waals surface area contributed by atoms with E-state index >= 15 is 0 Å². The number of benzene rings is 1. The summed E-state index contributed by atoms with van der Waals surface area (Å²) >= 11 is 0. The third-order valence-corrected chi connectivity index (χ3v) is 7.37. The molecule has 2 heterocycles. The Bertz CT molecular complexity index is 1130. The van der Waals surface area contributed by atoms with Gasteiger partial charge in [-0.3, -0.25) is 18.9 Å². The number of carbonyl (C=O) groups is 1. The van der Waals surface area contributed by atoms with Crippen molar-refractivity contribution in [3.05, 3.63) is 47.7 Å². The molecule has 2 aromatic rings. The molecule has 0 bridgehead atoms. The van der Waals surface area contributed by atoms with Crippen LogP contribution in [0.4, 0.5) is 27.6 Å². The quantitative estimate of drug-likeness (QED) is 0.449. The number of aliphatic imine (C=N–C) groups is 1. The van der Waals surface area contributed by atoms with Crippen molar-refractivity contribution < 1.29 is 40.6 Å². The first-order chi connectivity index (χ1) is 15.5. The Labute approximate surface area is 191 Å². The first kappa shape index (κ1) is 25.6. The highest BCUT2D eigenvalue weighted by molar-refractivity contribution is 8.26. The van der Waals surface area contributed by atoms with Gasteiger partial charge in [-0.2, -0.15) is 23.8 Å². The zero-order chi connectivity index (χ0) is 25.5. The molecule has 3 rings (SSSR count). The van der Waals surface area contributed by atoms with E-state index in [4.69, 9.17) is 5.73 Å². The molecular formula is C19H20F5N5O4S. The third kappa shape index (κ3) is 5.20. The smallest absolute Gasteiger partial charge is 0.422 e. The van der Waals surface area contributed by atoms with Gasteiger partial charge in [0.15, 0.2) is 12.4 Å². The second kappa shape index (κ2) is 8.63. The molecule has 1 aliphatic rings. The van der Waals surface area contributed by atoms with Crippen LogP contribution >= 0.6 is 10.6 Å². The molecular weight excluding hydrogens is 489 g/mol. The summed E-state index contributed by atoms with van der Waals surface area (Å²) in [5.74, 6) is -3.46. The minimum absolute atomic E-state index is 0.0423. The standard InChI is InChI=1S/C19H20F5N5O4S/c1-17(9-34(31,32)18(2,21)16(25)29-17)11-5-10(3-4-12(11)20)28-15(30)13-6-27-14(7-26-13)33-8-19(22,23)24/h3-7,31-32H,8-9H2,1-2H3,(H2,25,29)(H,28,30)/t17-,18+/m0/s1. The van der Waals surface area contributed by atoms with Crippen molar-refractivity contribution in [2.24, 2.45) is 10.7 Å². The van der Waals surface area contributed by atoms with Crippen LogP contribution < -0.4 is 15.8 Å². The topological polar surface area (TPSA) is 143 Å². The second-order valence-corrected chi connectivity index (χ2v) is 10.2. The Kier molecular flexibility index (Phi) is 6.49. The average molecular weight is 509 g/mol. The number of nitrogens with zero attached hydrogens (tertiary/aromatic N) is 3. The number of rotatable bonds is 5. The monoisotopic (exact) mass is 509 g/mol. The molecule has 1 aromatic carbocycles. The third-order valence-electron chi connectivity index (χ3n) is 4.97. The molecule has 1 aliphatic heterocycles. The number of ether oxygens (including phenoxy) is 1. The van der Waals surface area contributed by atoms with Crippen LogP contribution in [-0.2, 0) is 5.54 Å². The van der Waals surface area contributed by atoms with Crippen LogP contribution in [0, 0.1) is 5.82 Å². The van der Waals surface area contributed by atoms with Crippen molar-refractivity contribution in [3.63, 3.8) is 0 Å². The Morgan fingerprint density at radius 1 is 1.26 bits per heavy atom. The number of halogens is 5. The summed E-state index contributed by atoms with van der Waals surface area (Å²) < 4.78 is 90.8. The molecule has 5 N–H and O–H groups in total. The largest absolute Gasteiger partial charge is 0.467 e. The van der Waals surface area contributed by atoms with Crippen LogP contribution in [0.2, 0.25) is 0 Å². The molecule has 9 nitrogen and oxygen atoms in total. The lowest BCUT2D eigenvalue weighted by atomic mass is 9.93. The van der Waals surface area contributed by atoms with Gasteiger partial charge in [0.05, 0.1) is 18.1 Å². The molecule has 0 saturated heterocycles. The van der Waals surface area contributed by atoms with E-state index in [1.165, 1.54) is 13.0 Å². The van der Waals surface area contributed by atoms with Crippen LogP contribution in [0.5, 0.6) is 5.88 Å². The van der Waals surface area contributed by atoms with Gasteiger partial charge in [-0.1, -0.05) is 0 Å². The number of amides is 1. The highest BCUT2D eigenvalue weighted by atomic mass is 32.3. The van der Waals surface area contributed by atoms with Gasteiger partial charge in [-0.15, -0.1) is 0 Å². The number of hydrogen-bond acceptors (Lipinski definition) is 8. The fraction of sp³-hybridized carbons (Fsp3) is 0.368. The highest BCUT2D eigenvalue weighted by Crippen LogP contribution is 2.60. The number of nitrogens with two attached hydrogens (primary N) is 1. The van der Waals surface area contributed by atoms with Crippen LogP contribution in [0.15, 0.2) is 35.6 Å². The van der Waals surface area contributed by atoms with E-state index in [0.29, 0.717) is 0 Å². The summed E-state index contributed by atoms with van der Waals surface area (Å²) in [5, 5.41) is -0.286. The zero-order valence-electron chi connectivity index (χ0n) is 17.7. The Morgan fingerprint density at radius 2 is 1.94 bits per heavy atom. The predicted molar refractivity (Wildman–Crippen MR) is 114 cm³/mol. The Balaban J connectivity index is 1.82. The number of carbonyl (C=O) groups excluding carboxylic acids is 1. The molecule has 34 heavy (non-hydrogen) atoms. The molecule has 0 spiro atoms. The number of aromatic nitrogens is 2. The van der Waals surface area contributed by atoms with Crippen LogP contribution in [0.25, 0.3) is 0 Å². The fourth-order valence-corrected chi connectivity index (χ4v) is 4.76. The number of alkyl halides is 4. The van der Waals surface area contributed by atoms with Gasteiger partial charge < -0.3 is 15.8 Å². The number of nitrogens with one attached hydrogen (secondary N) is 1. The van der Waals surface area contributed by atoms with Crippen molar-refractivity contribution in [2.75, 3.05) is 17.7 Å². The first-order valence-electron chi connectivity index (χ1n) is 9.47. The molecule has 0 aliphatic carbocycles. The molecule has 15 heteroatoms. The summed E-state index contributed by atoms with van der Waals surface area (Å²) in [5.41, 5.74) is 3.52. The normalized spacial score (nSPS) is 25.3. The van der Waals surface area contributed by atoms with Crippen LogP contribution in [0.3, 0.4) is 0 Å². The molecule has 0 fully saturated rings. The van der Waals surface area contributed by atoms with Gasteiger partial charge in [0.25, 0.3) is 10.9 Å². The summed E-state index contributed by atoms with van der Waals surface area (Å²) in [6.45, 7) is 0.621. The molecule has 0 unspecified atom stereocenters. The second-order valence-electron chi connectivity index (χ2n) is 7.79. The van der Waals surface area contributed by atoms with Gasteiger partial charge in [-0.05, 0) is 32.0 Å². The van der Waals surface area contributed by atoms with Crippen molar-refractivity contribution in [3.8, 4) is 5.88 Å². The van der Waals surface area contributed by atoms with Crippen molar-refractivity contribution in [1.29, 1.82) is 0 Å². The van der Waals surface area contributed by atoms with Crippen molar-refractivity contribution >= 4 is 28.0 Å². The number of anilines is 1. The van der Waals surface area contributed by atoms with Crippen LogP contribution in [0.1, 0.15) is 29.9 Å². The molecule has 0 saturated carbocycles. The van der Waals surface area contributed by atoms with Crippen molar-refractivity contribution in [1.82, 2.24) is 9.97 Å². The minimum atomic E-state index is -4.57.